The first kappa shape index (κ1) is 19.6. The fraction of sp³-hybridized carbons (Fsp3) is 0.0870. The maximum atomic E-state index is 12.4. The number of nitriles is 1. The smallest absolute Gasteiger partial charge is 0.255 e. The predicted octanol–water partition coefficient (Wildman–Crippen LogP) is 4.08. The number of methoxy groups -OCH3 is 1. The minimum atomic E-state index is -0.225. The highest BCUT2D eigenvalue weighted by Gasteiger charge is 2.11. The van der Waals surface area contributed by atoms with Gasteiger partial charge < -0.3 is 14.8 Å². The van der Waals surface area contributed by atoms with Gasteiger partial charge in [-0.05, 0) is 48.5 Å². The third kappa shape index (κ3) is 4.99. The summed E-state index contributed by atoms with van der Waals surface area (Å²) >= 11 is 0. The lowest BCUT2D eigenvalue weighted by molar-refractivity contribution is 0.0919. The Bertz CT molecular complexity index is 1050. The molecule has 0 aromatic heterocycles. The van der Waals surface area contributed by atoms with Crippen LogP contribution in [-0.2, 0) is 0 Å². The third-order valence-electron chi connectivity index (χ3n) is 4.15. The Hall–Kier alpha value is -4.11. The van der Waals surface area contributed by atoms with Crippen molar-refractivity contribution in [2.24, 2.45) is 0 Å². The Morgan fingerprint density at radius 2 is 1.66 bits per heavy atom. The van der Waals surface area contributed by atoms with E-state index in [1.165, 1.54) is 7.11 Å². The van der Waals surface area contributed by atoms with Crippen LogP contribution in [0.2, 0.25) is 0 Å². The number of rotatable bonds is 7. The molecule has 6 nitrogen and oxygen atoms in total. The van der Waals surface area contributed by atoms with Crippen molar-refractivity contribution in [1.29, 1.82) is 5.26 Å². The molecule has 0 unspecified atom stereocenters. The Morgan fingerprint density at radius 1 is 0.931 bits per heavy atom. The first-order valence-electron chi connectivity index (χ1n) is 8.81. The number of nitrogens with one attached hydrogen (secondary N) is 1. The first-order chi connectivity index (χ1) is 14.1. The summed E-state index contributed by atoms with van der Waals surface area (Å²) in [6.45, 7) is -0.183. The highest BCUT2D eigenvalue weighted by Crippen LogP contribution is 2.28. The molecule has 0 aliphatic heterocycles. The zero-order chi connectivity index (χ0) is 20.6. The summed E-state index contributed by atoms with van der Waals surface area (Å²) in [5, 5.41) is 11.7. The van der Waals surface area contributed by atoms with Crippen molar-refractivity contribution in [3.8, 4) is 17.6 Å². The molecule has 0 heterocycles. The summed E-state index contributed by atoms with van der Waals surface area (Å²) in [4.78, 5) is 24.6. The zero-order valence-corrected chi connectivity index (χ0v) is 15.7. The number of hydrogen-bond acceptors (Lipinski definition) is 5. The minimum Gasteiger partial charge on any atom is -0.493 e. The van der Waals surface area contributed by atoms with Crippen LogP contribution in [0.15, 0.2) is 72.8 Å². The molecule has 0 saturated carbocycles. The van der Waals surface area contributed by atoms with E-state index < -0.39 is 0 Å². The molecular weight excluding hydrogens is 368 g/mol. The largest absolute Gasteiger partial charge is 0.493 e. The number of Topliss-reactive ketones (excluding diaryl/α,β-unsaturated/α-hetero) is 1. The summed E-state index contributed by atoms with van der Waals surface area (Å²) in [6, 6.07) is 22.2. The van der Waals surface area contributed by atoms with Gasteiger partial charge in [-0.1, -0.05) is 18.2 Å². The Labute approximate surface area is 168 Å². The number of amides is 1. The van der Waals surface area contributed by atoms with E-state index >= 15 is 0 Å². The monoisotopic (exact) mass is 386 g/mol. The van der Waals surface area contributed by atoms with Crippen LogP contribution in [0.5, 0.6) is 11.5 Å². The lowest BCUT2D eigenvalue weighted by atomic mass is 10.1. The van der Waals surface area contributed by atoms with Crippen LogP contribution in [0.25, 0.3) is 0 Å². The first-order valence-corrected chi connectivity index (χ1v) is 8.81. The number of anilines is 1. The molecular formula is C23H18N2O4. The third-order valence-corrected chi connectivity index (χ3v) is 4.15. The van der Waals surface area contributed by atoms with E-state index in [-0.39, 0.29) is 18.3 Å². The molecule has 0 spiro atoms. The van der Waals surface area contributed by atoms with Crippen molar-refractivity contribution in [3.05, 3.63) is 89.5 Å². The van der Waals surface area contributed by atoms with Gasteiger partial charge in [0.25, 0.3) is 5.91 Å². The van der Waals surface area contributed by atoms with Gasteiger partial charge in [0.2, 0.25) is 0 Å². The van der Waals surface area contributed by atoms with Gasteiger partial charge in [0.1, 0.15) is 0 Å². The number of ketones is 1. The number of ether oxygens (including phenoxy) is 2. The van der Waals surface area contributed by atoms with Gasteiger partial charge in [-0.2, -0.15) is 5.26 Å². The highest BCUT2D eigenvalue weighted by atomic mass is 16.5. The lowest BCUT2D eigenvalue weighted by Crippen LogP contribution is -2.13. The van der Waals surface area contributed by atoms with E-state index in [4.69, 9.17) is 14.7 Å². The summed E-state index contributed by atoms with van der Waals surface area (Å²) in [6.07, 6.45) is 0. The van der Waals surface area contributed by atoms with Crippen molar-refractivity contribution >= 4 is 17.4 Å². The number of nitrogens with zero attached hydrogens (tertiary/aromatic N) is 1. The minimum absolute atomic E-state index is 0.183. The zero-order valence-electron chi connectivity index (χ0n) is 15.7. The van der Waals surface area contributed by atoms with Gasteiger partial charge in [0, 0.05) is 22.9 Å². The molecule has 3 aromatic rings. The van der Waals surface area contributed by atoms with Crippen LogP contribution in [0.1, 0.15) is 26.3 Å². The molecule has 1 amide bonds. The molecule has 144 valence electrons. The molecule has 0 radical (unpaired) electrons. The standard InChI is InChI=1S/C23H18N2O4/c1-28-22-13-16(14-24)7-12-21(22)29-15-20(26)17-8-10-19(11-9-17)25-23(27)18-5-3-2-4-6-18/h2-13H,15H2,1H3,(H,25,27). The van der Waals surface area contributed by atoms with Gasteiger partial charge in [-0.3, -0.25) is 9.59 Å². The van der Waals surface area contributed by atoms with Crippen LogP contribution in [-0.4, -0.2) is 25.4 Å². The maximum absolute atomic E-state index is 12.4. The average Bonchev–Trinajstić information content (AvgIpc) is 2.78. The molecule has 0 aliphatic rings. The topological polar surface area (TPSA) is 88.4 Å². The molecule has 0 bridgehead atoms. The number of carbonyl (C=O) groups is 2. The average molecular weight is 386 g/mol. The Morgan fingerprint density at radius 3 is 2.31 bits per heavy atom. The molecule has 1 N–H and O–H groups in total. The summed E-state index contributed by atoms with van der Waals surface area (Å²) in [5.41, 5.74) is 2.03. The SMILES string of the molecule is COc1cc(C#N)ccc1OCC(=O)c1ccc(NC(=O)c2ccccc2)cc1. The van der Waals surface area contributed by atoms with E-state index in [2.05, 4.69) is 5.32 Å². The van der Waals surface area contributed by atoms with Crippen LogP contribution in [0, 0.1) is 11.3 Å². The maximum Gasteiger partial charge on any atom is 0.255 e. The van der Waals surface area contributed by atoms with Gasteiger partial charge >= 0.3 is 0 Å². The number of carbonyl (C=O) groups excluding carboxylic acids is 2. The van der Waals surface area contributed by atoms with Crippen LogP contribution >= 0.6 is 0 Å². The van der Waals surface area contributed by atoms with Gasteiger partial charge in [0.05, 0.1) is 18.7 Å². The summed E-state index contributed by atoms with van der Waals surface area (Å²) in [7, 11) is 1.47. The lowest BCUT2D eigenvalue weighted by Gasteiger charge is -2.10. The fourth-order valence-electron chi connectivity index (χ4n) is 2.62. The molecule has 0 fully saturated rings. The summed E-state index contributed by atoms with van der Waals surface area (Å²) in [5.74, 6) is 0.320. The molecule has 0 aliphatic carbocycles. The van der Waals surface area contributed by atoms with Crippen molar-refractivity contribution in [1.82, 2.24) is 0 Å². The van der Waals surface area contributed by atoms with Gasteiger partial charge in [-0.15, -0.1) is 0 Å². The van der Waals surface area contributed by atoms with Gasteiger partial charge in [0.15, 0.2) is 23.9 Å². The second-order valence-corrected chi connectivity index (χ2v) is 6.09. The van der Waals surface area contributed by atoms with Crippen LogP contribution in [0.4, 0.5) is 5.69 Å². The normalized spacial score (nSPS) is 9.93. The van der Waals surface area contributed by atoms with Gasteiger partial charge in [-0.25, -0.2) is 0 Å². The van der Waals surface area contributed by atoms with Crippen molar-refractivity contribution in [2.45, 2.75) is 0 Å². The van der Waals surface area contributed by atoms with E-state index in [0.29, 0.717) is 33.9 Å². The molecule has 3 aromatic carbocycles. The van der Waals surface area contributed by atoms with E-state index in [1.807, 2.05) is 12.1 Å². The van der Waals surface area contributed by atoms with Crippen LogP contribution < -0.4 is 14.8 Å². The van der Waals surface area contributed by atoms with Crippen molar-refractivity contribution < 1.29 is 19.1 Å². The highest BCUT2D eigenvalue weighted by molar-refractivity contribution is 6.04. The Balaban J connectivity index is 1.61. The fourth-order valence-corrected chi connectivity index (χ4v) is 2.62. The number of benzene rings is 3. The van der Waals surface area contributed by atoms with Crippen molar-refractivity contribution in [3.63, 3.8) is 0 Å². The second kappa shape index (κ2) is 9.20. The predicted molar refractivity (Wildman–Crippen MR) is 108 cm³/mol. The Kier molecular flexibility index (Phi) is 6.23. The summed E-state index contributed by atoms with van der Waals surface area (Å²) < 4.78 is 10.7. The van der Waals surface area contributed by atoms with E-state index in [1.54, 1.807) is 66.7 Å². The molecule has 0 saturated heterocycles. The molecule has 6 heteroatoms. The molecule has 3 rings (SSSR count). The van der Waals surface area contributed by atoms with Crippen LogP contribution in [0.3, 0.4) is 0 Å². The number of hydrogen-bond donors (Lipinski definition) is 1. The molecule has 29 heavy (non-hydrogen) atoms. The van der Waals surface area contributed by atoms with E-state index in [9.17, 15) is 9.59 Å². The van der Waals surface area contributed by atoms with Crippen molar-refractivity contribution in [2.75, 3.05) is 19.0 Å². The van der Waals surface area contributed by atoms with E-state index in [0.717, 1.165) is 0 Å². The quantitative estimate of drug-likeness (QED) is 0.618. The molecule has 0 atom stereocenters. The second-order valence-electron chi connectivity index (χ2n) is 6.09.